The largest absolute Gasteiger partial charge is 0.299 e. The maximum absolute atomic E-state index is 11.1. The third kappa shape index (κ3) is 6.35. The Morgan fingerprint density at radius 1 is 1.17 bits per heavy atom. The molecule has 0 fully saturated rings. The van der Waals surface area contributed by atoms with Gasteiger partial charge in [-0.3, -0.25) is 9.59 Å². The van der Waals surface area contributed by atoms with E-state index in [2.05, 4.69) is 0 Å². The van der Waals surface area contributed by atoms with Gasteiger partial charge >= 0.3 is 0 Å². The predicted molar refractivity (Wildman–Crippen MR) is 49.4 cm³/mol. The highest BCUT2D eigenvalue weighted by molar-refractivity contribution is 6.29. The molecular weight excluding hydrogens is 176 g/mol. The molecule has 0 unspecified atom stereocenters. The van der Waals surface area contributed by atoms with Gasteiger partial charge in [-0.1, -0.05) is 20.8 Å². The highest BCUT2D eigenvalue weighted by atomic mass is 35.5. The van der Waals surface area contributed by atoms with Gasteiger partial charge in [-0.15, -0.1) is 11.6 Å². The highest BCUT2D eigenvalue weighted by Gasteiger charge is 2.17. The smallest absolute Gasteiger partial charge is 0.154 e. The van der Waals surface area contributed by atoms with Crippen molar-refractivity contribution in [1.29, 1.82) is 0 Å². The fourth-order valence-electron chi connectivity index (χ4n) is 0.921. The SMILES string of the molecule is CC(C)(C)CC(=O)CC(=O)CCl. The molecule has 0 amide bonds. The van der Waals surface area contributed by atoms with E-state index in [1.807, 2.05) is 20.8 Å². The van der Waals surface area contributed by atoms with Crippen LogP contribution in [0.2, 0.25) is 0 Å². The van der Waals surface area contributed by atoms with Crippen LogP contribution in [-0.4, -0.2) is 17.4 Å². The second-order valence-electron chi connectivity index (χ2n) is 4.13. The molecule has 0 rings (SSSR count). The van der Waals surface area contributed by atoms with Crippen molar-refractivity contribution in [3.05, 3.63) is 0 Å². The predicted octanol–water partition coefficient (Wildman–Crippen LogP) is 2.19. The Kier molecular flexibility index (Phi) is 4.46. The molecule has 0 atom stereocenters. The molecule has 2 nitrogen and oxygen atoms in total. The summed E-state index contributed by atoms with van der Waals surface area (Å²) in [6, 6.07) is 0. The van der Waals surface area contributed by atoms with E-state index in [9.17, 15) is 9.59 Å². The number of hydrogen-bond acceptors (Lipinski definition) is 2. The van der Waals surface area contributed by atoms with Gasteiger partial charge in [-0.05, 0) is 5.41 Å². The first-order valence-electron chi connectivity index (χ1n) is 3.94. The van der Waals surface area contributed by atoms with E-state index in [-0.39, 0.29) is 29.3 Å². The lowest BCUT2D eigenvalue weighted by Gasteiger charge is -2.15. The summed E-state index contributed by atoms with van der Waals surface area (Å²) in [6.07, 6.45) is 0.427. The molecule has 70 valence electrons. The Bertz CT molecular complexity index is 179. The van der Waals surface area contributed by atoms with Crippen molar-refractivity contribution < 1.29 is 9.59 Å². The van der Waals surface area contributed by atoms with E-state index >= 15 is 0 Å². The van der Waals surface area contributed by atoms with Gasteiger partial charge in [0.15, 0.2) is 5.78 Å². The summed E-state index contributed by atoms with van der Waals surface area (Å²) >= 11 is 5.27. The number of hydrogen-bond donors (Lipinski definition) is 0. The van der Waals surface area contributed by atoms with Crippen LogP contribution in [0.3, 0.4) is 0 Å². The third-order valence-electron chi connectivity index (χ3n) is 1.27. The summed E-state index contributed by atoms with van der Waals surface area (Å²) < 4.78 is 0. The van der Waals surface area contributed by atoms with E-state index in [1.54, 1.807) is 0 Å². The topological polar surface area (TPSA) is 34.1 Å². The van der Waals surface area contributed by atoms with Crippen molar-refractivity contribution in [2.24, 2.45) is 5.41 Å². The van der Waals surface area contributed by atoms with Crippen molar-refractivity contribution >= 4 is 23.2 Å². The molecule has 0 radical (unpaired) electrons. The summed E-state index contributed by atoms with van der Waals surface area (Å²) in [5.41, 5.74) is -0.0380. The number of Topliss-reactive ketones (excluding diaryl/α,β-unsaturated/α-hetero) is 2. The van der Waals surface area contributed by atoms with Gasteiger partial charge in [0.05, 0.1) is 12.3 Å². The minimum Gasteiger partial charge on any atom is -0.299 e. The molecule has 0 aromatic heterocycles. The molecule has 0 aliphatic carbocycles. The minimum absolute atomic E-state index is 0.0131. The van der Waals surface area contributed by atoms with Gasteiger partial charge in [-0.25, -0.2) is 0 Å². The molecule has 0 aliphatic rings. The van der Waals surface area contributed by atoms with Crippen molar-refractivity contribution in [1.82, 2.24) is 0 Å². The monoisotopic (exact) mass is 190 g/mol. The van der Waals surface area contributed by atoms with Crippen LogP contribution in [0.4, 0.5) is 0 Å². The Balaban J connectivity index is 3.83. The third-order valence-corrected chi connectivity index (χ3v) is 1.57. The molecule has 0 saturated heterocycles. The first kappa shape index (κ1) is 11.6. The highest BCUT2D eigenvalue weighted by Crippen LogP contribution is 2.19. The second-order valence-corrected chi connectivity index (χ2v) is 4.39. The zero-order valence-electron chi connectivity index (χ0n) is 7.82. The van der Waals surface area contributed by atoms with E-state index < -0.39 is 0 Å². The van der Waals surface area contributed by atoms with Gasteiger partial charge in [0, 0.05) is 6.42 Å². The van der Waals surface area contributed by atoms with Crippen LogP contribution in [0.1, 0.15) is 33.6 Å². The lowest BCUT2D eigenvalue weighted by molar-refractivity contribution is -0.126. The maximum atomic E-state index is 11.1. The summed E-state index contributed by atoms with van der Waals surface area (Å²) in [5, 5.41) is 0. The fraction of sp³-hybridized carbons (Fsp3) is 0.778. The van der Waals surface area contributed by atoms with Crippen molar-refractivity contribution in [2.75, 3.05) is 5.88 Å². The summed E-state index contributed by atoms with van der Waals surface area (Å²) in [5.74, 6) is -0.269. The zero-order chi connectivity index (χ0) is 9.78. The molecule has 0 aromatic carbocycles. The van der Waals surface area contributed by atoms with Crippen LogP contribution in [0.5, 0.6) is 0 Å². The van der Waals surface area contributed by atoms with Gasteiger partial charge in [-0.2, -0.15) is 0 Å². The first-order chi connectivity index (χ1) is 5.35. The molecule has 0 N–H and O–H groups in total. The molecule has 0 saturated carbocycles. The second kappa shape index (κ2) is 4.61. The molecule has 3 heteroatoms. The zero-order valence-corrected chi connectivity index (χ0v) is 8.57. The van der Waals surface area contributed by atoms with E-state index in [4.69, 9.17) is 11.6 Å². The molecule has 0 aromatic rings. The number of halogens is 1. The van der Waals surface area contributed by atoms with E-state index in [0.29, 0.717) is 6.42 Å². The normalized spacial score (nSPS) is 11.3. The molecule has 12 heavy (non-hydrogen) atoms. The van der Waals surface area contributed by atoms with E-state index in [0.717, 1.165) is 0 Å². The van der Waals surface area contributed by atoms with Crippen molar-refractivity contribution in [3.8, 4) is 0 Å². The number of carbonyl (C=O) groups excluding carboxylic acids is 2. The number of ketones is 2. The Labute approximate surface area is 78.3 Å². The van der Waals surface area contributed by atoms with Gasteiger partial charge in [0.1, 0.15) is 5.78 Å². The Morgan fingerprint density at radius 3 is 2.00 bits per heavy atom. The van der Waals surface area contributed by atoms with E-state index in [1.165, 1.54) is 0 Å². The Hall–Kier alpha value is -0.370. The van der Waals surface area contributed by atoms with Crippen LogP contribution in [0, 0.1) is 5.41 Å². The average Bonchev–Trinajstić information content (AvgIpc) is 1.82. The van der Waals surface area contributed by atoms with Crippen molar-refractivity contribution in [3.63, 3.8) is 0 Å². The summed E-state index contributed by atoms with van der Waals surface area (Å²) in [4.78, 5) is 21.9. The van der Waals surface area contributed by atoms with Gasteiger partial charge in [0.25, 0.3) is 0 Å². The maximum Gasteiger partial charge on any atom is 0.154 e. The average molecular weight is 191 g/mol. The number of rotatable bonds is 4. The number of alkyl halides is 1. The van der Waals surface area contributed by atoms with Crippen LogP contribution in [0.15, 0.2) is 0 Å². The summed E-state index contributed by atoms with van der Waals surface area (Å²) in [6.45, 7) is 5.90. The fourth-order valence-corrected chi connectivity index (χ4v) is 1.02. The number of carbonyl (C=O) groups is 2. The lowest BCUT2D eigenvalue weighted by atomic mass is 9.89. The van der Waals surface area contributed by atoms with Gasteiger partial charge in [0.2, 0.25) is 0 Å². The van der Waals surface area contributed by atoms with Crippen LogP contribution >= 0.6 is 11.6 Å². The van der Waals surface area contributed by atoms with Gasteiger partial charge < -0.3 is 0 Å². The molecule has 0 aliphatic heterocycles. The quantitative estimate of drug-likeness (QED) is 0.503. The molecule has 0 spiro atoms. The summed E-state index contributed by atoms with van der Waals surface area (Å²) in [7, 11) is 0. The molecule has 0 heterocycles. The standard InChI is InChI=1S/C9H15ClO2/c1-9(2,3)5-7(11)4-8(12)6-10/h4-6H2,1-3H3. The molecule has 0 bridgehead atoms. The van der Waals surface area contributed by atoms with Crippen LogP contribution in [0.25, 0.3) is 0 Å². The van der Waals surface area contributed by atoms with Crippen LogP contribution < -0.4 is 0 Å². The lowest BCUT2D eigenvalue weighted by Crippen LogP contribution is -2.16. The Morgan fingerprint density at radius 2 is 1.67 bits per heavy atom. The first-order valence-corrected chi connectivity index (χ1v) is 4.48. The minimum atomic E-state index is -0.189. The van der Waals surface area contributed by atoms with Crippen LogP contribution in [-0.2, 0) is 9.59 Å². The van der Waals surface area contributed by atoms with Crippen molar-refractivity contribution in [2.45, 2.75) is 33.6 Å². The molecular formula is C9H15ClO2.